The normalized spacial score (nSPS) is 11.8. The van der Waals surface area contributed by atoms with Gasteiger partial charge >= 0.3 is 0 Å². The number of aromatic nitrogens is 3. The summed E-state index contributed by atoms with van der Waals surface area (Å²) >= 11 is 18.2. The number of rotatable bonds is 11. The summed E-state index contributed by atoms with van der Waals surface area (Å²) in [5.74, 6) is 0.333. The van der Waals surface area contributed by atoms with Crippen molar-refractivity contribution in [1.29, 1.82) is 0 Å². The predicted octanol–water partition coefficient (Wildman–Crippen LogP) is 5.77. The standard InChI is InChI=1S/C27H25Cl3N4O3/c28-20-7-5-18(6-8-20)13-21(17-35)32-26(36)4-2-12-37-27-15-25(19-3-1-11-31-16-19)33-34(27)22-9-10-23(29)24(30)14-22/h1,3,5-11,14-16,21,35H,2,4,12-13,17H2,(H,32,36)/t21-/m0/s1. The summed E-state index contributed by atoms with van der Waals surface area (Å²) in [5.41, 5.74) is 3.18. The van der Waals surface area contributed by atoms with Gasteiger partial charge in [0.25, 0.3) is 0 Å². The van der Waals surface area contributed by atoms with Gasteiger partial charge in [0, 0.05) is 35.5 Å². The van der Waals surface area contributed by atoms with Gasteiger partial charge in [-0.2, -0.15) is 5.10 Å². The van der Waals surface area contributed by atoms with E-state index in [-0.39, 0.29) is 31.6 Å². The summed E-state index contributed by atoms with van der Waals surface area (Å²) in [6.07, 6.45) is 4.64. The number of aliphatic hydroxyl groups excluding tert-OH is 1. The lowest BCUT2D eigenvalue weighted by Gasteiger charge is -2.16. The first-order valence-electron chi connectivity index (χ1n) is 11.7. The number of pyridine rings is 1. The van der Waals surface area contributed by atoms with Crippen LogP contribution in [-0.2, 0) is 11.2 Å². The molecular weight excluding hydrogens is 535 g/mol. The third kappa shape index (κ3) is 7.46. The minimum atomic E-state index is -0.382. The summed E-state index contributed by atoms with van der Waals surface area (Å²) in [4.78, 5) is 16.6. The highest BCUT2D eigenvalue weighted by molar-refractivity contribution is 6.42. The van der Waals surface area contributed by atoms with E-state index >= 15 is 0 Å². The van der Waals surface area contributed by atoms with Crippen LogP contribution in [-0.4, -0.2) is 45.0 Å². The first-order chi connectivity index (χ1) is 17.9. The zero-order chi connectivity index (χ0) is 26.2. The Morgan fingerprint density at radius 3 is 2.57 bits per heavy atom. The minimum Gasteiger partial charge on any atom is -0.478 e. The van der Waals surface area contributed by atoms with Crippen molar-refractivity contribution < 1.29 is 14.6 Å². The van der Waals surface area contributed by atoms with Gasteiger partial charge in [-0.1, -0.05) is 46.9 Å². The van der Waals surface area contributed by atoms with Gasteiger partial charge in [0.1, 0.15) is 0 Å². The van der Waals surface area contributed by atoms with E-state index in [0.717, 1.165) is 11.1 Å². The molecule has 0 radical (unpaired) electrons. The summed E-state index contributed by atoms with van der Waals surface area (Å²) in [7, 11) is 0. The molecule has 10 heteroatoms. The fourth-order valence-corrected chi connectivity index (χ4v) is 4.12. The third-order valence-electron chi connectivity index (χ3n) is 5.56. The molecule has 0 spiro atoms. The van der Waals surface area contributed by atoms with Gasteiger partial charge in [-0.3, -0.25) is 9.78 Å². The number of nitrogens with zero attached hydrogens (tertiary/aromatic N) is 3. The van der Waals surface area contributed by atoms with E-state index in [2.05, 4.69) is 15.4 Å². The van der Waals surface area contributed by atoms with E-state index in [9.17, 15) is 9.90 Å². The molecule has 1 amide bonds. The Labute approximate surface area is 230 Å². The van der Waals surface area contributed by atoms with E-state index in [0.29, 0.717) is 45.2 Å². The van der Waals surface area contributed by atoms with Crippen molar-refractivity contribution in [2.75, 3.05) is 13.2 Å². The number of hydrogen-bond acceptors (Lipinski definition) is 5. The Bertz CT molecular complexity index is 1330. The molecule has 37 heavy (non-hydrogen) atoms. The maximum Gasteiger partial charge on any atom is 0.220 e. The van der Waals surface area contributed by atoms with Crippen molar-refractivity contribution in [2.45, 2.75) is 25.3 Å². The number of benzene rings is 2. The lowest BCUT2D eigenvalue weighted by atomic mass is 10.1. The Balaban J connectivity index is 1.37. The number of carbonyl (C=O) groups is 1. The first kappa shape index (κ1) is 26.9. The number of halogens is 3. The molecule has 1 atom stereocenters. The maximum atomic E-state index is 12.5. The molecule has 0 fully saturated rings. The van der Waals surface area contributed by atoms with Gasteiger partial charge in [0.2, 0.25) is 11.8 Å². The summed E-state index contributed by atoms with van der Waals surface area (Å²) in [5, 5.41) is 18.7. The van der Waals surface area contributed by atoms with Crippen molar-refractivity contribution in [1.82, 2.24) is 20.1 Å². The summed E-state index contributed by atoms with van der Waals surface area (Å²) in [6, 6.07) is 17.7. The van der Waals surface area contributed by atoms with Crippen LogP contribution in [0.4, 0.5) is 0 Å². The average Bonchev–Trinajstić information content (AvgIpc) is 3.34. The van der Waals surface area contributed by atoms with Crippen LogP contribution in [0, 0.1) is 0 Å². The summed E-state index contributed by atoms with van der Waals surface area (Å²) < 4.78 is 7.65. The Hall–Kier alpha value is -3.10. The van der Waals surface area contributed by atoms with Crippen LogP contribution in [0.3, 0.4) is 0 Å². The molecule has 0 aliphatic rings. The molecule has 0 aliphatic heterocycles. The monoisotopic (exact) mass is 558 g/mol. The number of hydrogen-bond donors (Lipinski definition) is 2. The molecule has 2 aromatic carbocycles. The number of nitrogens with one attached hydrogen (secondary N) is 1. The SMILES string of the molecule is O=C(CCCOc1cc(-c2cccnc2)nn1-c1ccc(Cl)c(Cl)c1)N[C@H](CO)Cc1ccc(Cl)cc1. The lowest BCUT2D eigenvalue weighted by molar-refractivity contribution is -0.122. The van der Waals surface area contributed by atoms with Gasteiger partial charge in [-0.25, -0.2) is 4.68 Å². The van der Waals surface area contributed by atoms with Crippen LogP contribution < -0.4 is 10.1 Å². The third-order valence-corrected chi connectivity index (χ3v) is 6.55. The van der Waals surface area contributed by atoms with E-state index in [1.165, 1.54) is 0 Å². The van der Waals surface area contributed by atoms with Gasteiger partial charge in [-0.15, -0.1) is 0 Å². The fraction of sp³-hybridized carbons (Fsp3) is 0.222. The van der Waals surface area contributed by atoms with E-state index in [1.54, 1.807) is 47.4 Å². The Morgan fingerprint density at radius 2 is 1.86 bits per heavy atom. The smallest absolute Gasteiger partial charge is 0.220 e. The molecule has 4 rings (SSSR count). The molecule has 0 bridgehead atoms. The Morgan fingerprint density at radius 1 is 1.05 bits per heavy atom. The second kappa shape index (κ2) is 12.9. The van der Waals surface area contributed by atoms with Crippen molar-refractivity contribution >= 4 is 40.7 Å². The quantitative estimate of drug-likeness (QED) is 0.228. The van der Waals surface area contributed by atoms with Gasteiger partial charge in [0.15, 0.2) is 0 Å². The molecule has 192 valence electrons. The predicted molar refractivity (Wildman–Crippen MR) is 146 cm³/mol. The zero-order valence-electron chi connectivity index (χ0n) is 19.8. The van der Waals surface area contributed by atoms with E-state index in [4.69, 9.17) is 39.5 Å². The molecule has 2 heterocycles. The van der Waals surface area contributed by atoms with Gasteiger partial charge < -0.3 is 15.2 Å². The molecule has 0 saturated carbocycles. The number of carbonyl (C=O) groups excluding carboxylic acids is 1. The van der Waals surface area contributed by atoms with Crippen molar-refractivity contribution in [3.63, 3.8) is 0 Å². The van der Waals surface area contributed by atoms with Crippen molar-refractivity contribution in [3.8, 4) is 22.8 Å². The second-order valence-corrected chi connectivity index (χ2v) is 9.60. The lowest BCUT2D eigenvalue weighted by Crippen LogP contribution is -2.39. The molecule has 0 saturated heterocycles. The number of amides is 1. The maximum absolute atomic E-state index is 12.5. The molecule has 4 aromatic rings. The van der Waals surface area contributed by atoms with Gasteiger partial charge in [0.05, 0.1) is 40.7 Å². The highest BCUT2D eigenvalue weighted by Crippen LogP contribution is 2.29. The second-order valence-electron chi connectivity index (χ2n) is 8.35. The van der Waals surface area contributed by atoms with Crippen LogP contribution >= 0.6 is 34.8 Å². The molecule has 0 aliphatic carbocycles. The van der Waals surface area contributed by atoms with Crippen LogP contribution in [0.25, 0.3) is 16.9 Å². The highest BCUT2D eigenvalue weighted by Gasteiger charge is 2.15. The Kier molecular flexibility index (Phi) is 9.41. The molecule has 2 aromatic heterocycles. The number of aliphatic hydroxyl groups is 1. The van der Waals surface area contributed by atoms with Crippen LogP contribution in [0.5, 0.6) is 5.88 Å². The minimum absolute atomic E-state index is 0.161. The zero-order valence-corrected chi connectivity index (χ0v) is 22.0. The first-order valence-corrected chi connectivity index (χ1v) is 12.8. The average molecular weight is 560 g/mol. The van der Waals surface area contributed by atoms with Crippen molar-refractivity contribution in [2.24, 2.45) is 0 Å². The molecule has 0 unspecified atom stereocenters. The molecular formula is C27H25Cl3N4O3. The fourth-order valence-electron chi connectivity index (χ4n) is 3.70. The van der Waals surface area contributed by atoms with Gasteiger partial charge in [-0.05, 0) is 60.9 Å². The van der Waals surface area contributed by atoms with E-state index < -0.39 is 0 Å². The van der Waals surface area contributed by atoms with Crippen molar-refractivity contribution in [3.05, 3.63) is 93.7 Å². The highest BCUT2D eigenvalue weighted by atomic mass is 35.5. The molecule has 7 nitrogen and oxygen atoms in total. The topological polar surface area (TPSA) is 89.3 Å². The summed E-state index contributed by atoms with van der Waals surface area (Å²) in [6.45, 7) is 0.124. The largest absolute Gasteiger partial charge is 0.478 e. The molecule has 2 N–H and O–H groups in total. The number of ether oxygens (including phenoxy) is 1. The van der Waals surface area contributed by atoms with E-state index in [1.807, 2.05) is 30.3 Å². The van der Waals surface area contributed by atoms with Crippen LogP contribution in [0.2, 0.25) is 15.1 Å². The van der Waals surface area contributed by atoms with Crippen LogP contribution in [0.1, 0.15) is 18.4 Å². The van der Waals surface area contributed by atoms with Crippen LogP contribution in [0.15, 0.2) is 73.1 Å².